The van der Waals surface area contributed by atoms with Crippen LogP contribution in [-0.4, -0.2) is 4.57 Å². The second-order valence-electron chi connectivity index (χ2n) is 16.8. The second kappa shape index (κ2) is 14.6. The fourth-order valence-corrected chi connectivity index (χ4v) is 14.9. The molecule has 1 aliphatic heterocycles. The highest BCUT2D eigenvalue weighted by Gasteiger charge is 2.42. The largest absolute Gasteiger partial charge is 0.456 e. The minimum atomic E-state index is -1.75. The van der Waals surface area contributed by atoms with Crippen LogP contribution in [0.25, 0.3) is 71.7 Å². The number of para-hydroxylation sites is 2. The van der Waals surface area contributed by atoms with Crippen LogP contribution in [0.3, 0.4) is 0 Å². The highest BCUT2D eigenvalue weighted by atomic mass is 32.3. The van der Waals surface area contributed by atoms with E-state index >= 15 is 0 Å². The van der Waals surface area contributed by atoms with Gasteiger partial charge >= 0.3 is 0 Å². The first-order valence-electron chi connectivity index (χ1n) is 22.0. The molecule has 0 spiro atoms. The monoisotopic (exact) mass is 835 g/mol. The van der Waals surface area contributed by atoms with E-state index in [1.54, 1.807) is 0 Å². The number of rotatable bonds is 7. The summed E-state index contributed by atoms with van der Waals surface area (Å²) in [7, 11) is -1.75. The first-order valence-corrected chi connectivity index (χ1v) is 23.7. The Hall–Kier alpha value is -7.85. The lowest BCUT2D eigenvalue weighted by atomic mass is 9.82. The van der Waals surface area contributed by atoms with E-state index in [2.05, 4.69) is 241 Å². The van der Waals surface area contributed by atoms with E-state index in [0.29, 0.717) is 0 Å². The minimum Gasteiger partial charge on any atom is -0.456 e. The predicted octanol–water partition coefficient (Wildman–Crippen LogP) is 16.9. The van der Waals surface area contributed by atoms with Gasteiger partial charge in [-0.2, -0.15) is 0 Å². The third-order valence-electron chi connectivity index (χ3n) is 13.4. The molecule has 0 saturated heterocycles. The average molecular weight is 836 g/mol. The van der Waals surface area contributed by atoms with Gasteiger partial charge in [0.2, 0.25) is 0 Å². The molecule has 3 heteroatoms. The molecule has 2 aromatic heterocycles. The summed E-state index contributed by atoms with van der Waals surface area (Å²) >= 11 is 0. The second-order valence-corrected chi connectivity index (χ2v) is 19.8. The number of benzene rings is 10. The van der Waals surface area contributed by atoms with Gasteiger partial charge in [0.05, 0.1) is 11.0 Å². The van der Waals surface area contributed by atoms with Crippen LogP contribution in [-0.2, 0) is 0 Å². The van der Waals surface area contributed by atoms with E-state index in [1.165, 1.54) is 80.3 Å². The van der Waals surface area contributed by atoms with Crippen LogP contribution in [0.2, 0.25) is 0 Å². The van der Waals surface area contributed by atoms with Crippen LogP contribution in [0.4, 0.5) is 0 Å². The van der Waals surface area contributed by atoms with Crippen LogP contribution in [0.15, 0.2) is 267 Å². The van der Waals surface area contributed by atoms with E-state index in [0.717, 1.165) is 27.6 Å². The summed E-state index contributed by atoms with van der Waals surface area (Å²) in [5, 5.41) is 4.77. The van der Waals surface area contributed by atoms with Crippen molar-refractivity contribution in [1.29, 1.82) is 0 Å². The summed E-state index contributed by atoms with van der Waals surface area (Å²) in [5.74, 6) is -0.0717. The zero-order valence-corrected chi connectivity index (χ0v) is 35.8. The standard InChI is InChI=1S/C61H41NOS/c1-4-18-41(19-5-1)42-20-16-21-43(38-42)60(44-34-36-57-52(39-44)48-26-11-14-32-56(48)63-57)51-29-17-31-55-61(51)50-28-10-13-30-54(50)62(55)45-35-37-59-53(40-45)49-27-12-15-33-58(49)64(59,46-22-6-2-7-23-46)47-24-8-3-9-25-47/h1-40,60H/t60-/m1/s1. The van der Waals surface area contributed by atoms with Gasteiger partial charge in [-0.05, 0) is 118 Å². The summed E-state index contributed by atoms with van der Waals surface area (Å²) in [6, 6.07) is 89.7. The van der Waals surface area contributed by atoms with Crippen molar-refractivity contribution in [1.82, 2.24) is 4.57 Å². The molecule has 13 rings (SSSR count). The molecule has 12 aromatic rings. The quantitative estimate of drug-likeness (QED) is 0.146. The van der Waals surface area contributed by atoms with Crippen molar-refractivity contribution >= 4 is 53.8 Å². The normalized spacial score (nSPS) is 13.9. The summed E-state index contributed by atoms with van der Waals surface area (Å²) in [5.41, 5.74) is 14.1. The van der Waals surface area contributed by atoms with Gasteiger partial charge in [0, 0.05) is 52.7 Å². The minimum absolute atomic E-state index is 0.0717. The molecule has 3 heterocycles. The third kappa shape index (κ3) is 5.48. The summed E-state index contributed by atoms with van der Waals surface area (Å²) < 4.78 is 8.87. The Bertz CT molecular complexity index is 3690. The molecule has 64 heavy (non-hydrogen) atoms. The van der Waals surface area contributed by atoms with Crippen molar-refractivity contribution in [3.63, 3.8) is 0 Å². The molecule has 10 aromatic carbocycles. The van der Waals surface area contributed by atoms with Crippen molar-refractivity contribution in [2.24, 2.45) is 0 Å². The number of fused-ring (bicyclic) bond motifs is 9. The van der Waals surface area contributed by atoms with Gasteiger partial charge in [-0.15, -0.1) is 10.0 Å². The van der Waals surface area contributed by atoms with Crippen LogP contribution in [0.1, 0.15) is 22.6 Å². The molecule has 0 N–H and O–H groups in total. The van der Waals surface area contributed by atoms with E-state index in [9.17, 15) is 0 Å². The molecular formula is C61H41NOS. The van der Waals surface area contributed by atoms with Gasteiger partial charge in [-0.3, -0.25) is 0 Å². The fourth-order valence-electron chi connectivity index (χ4n) is 10.7. The molecule has 0 unspecified atom stereocenters. The van der Waals surface area contributed by atoms with Crippen molar-refractivity contribution in [2.45, 2.75) is 25.5 Å². The van der Waals surface area contributed by atoms with Crippen molar-refractivity contribution in [3.8, 4) is 27.9 Å². The number of furan rings is 1. The lowest BCUT2D eigenvalue weighted by molar-refractivity contribution is 0.668. The molecule has 0 radical (unpaired) electrons. The molecule has 0 amide bonds. The highest BCUT2D eigenvalue weighted by Crippen LogP contribution is 2.80. The maximum atomic E-state index is 6.37. The lowest BCUT2D eigenvalue weighted by Crippen LogP contribution is -2.05. The first kappa shape index (κ1) is 36.8. The van der Waals surface area contributed by atoms with E-state index in [4.69, 9.17) is 4.42 Å². The van der Waals surface area contributed by atoms with Gasteiger partial charge in [0.15, 0.2) is 0 Å². The number of aromatic nitrogens is 1. The van der Waals surface area contributed by atoms with E-state index in [-0.39, 0.29) is 5.92 Å². The summed E-state index contributed by atoms with van der Waals surface area (Å²) in [6.07, 6.45) is 0. The lowest BCUT2D eigenvalue weighted by Gasteiger charge is -2.39. The zero-order valence-electron chi connectivity index (χ0n) is 34.9. The number of nitrogens with zero attached hydrogens (tertiary/aromatic N) is 1. The molecular weight excluding hydrogens is 795 g/mol. The topological polar surface area (TPSA) is 18.1 Å². The van der Waals surface area contributed by atoms with Gasteiger partial charge in [0.1, 0.15) is 11.2 Å². The van der Waals surface area contributed by atoms with Crippen molar-refractivity contribution in [3.05, 3.63) is 259 Å². The Morgan fingerprint density at radius 3 is 1.80 bits per heavy atom. The molecule has 0 bridgehead atoms. The molecule has 1 atom stereocenters. The highest BCUT2D eigenvalue weighted by molar-refractivity contribution is 8.34. The van der Waals surface area contributed by atoms with Crippen molar-refractivity contribution in [2.75, 3.05) is 0 Å². The van der Waals surface area contributed by atoms with E-state index < -0.39 is 10.0 Å². The maximum absolute atomic E-state index is 6.37. The Kier molecular flexibility index (Phi) is 8.40. The first-order chi connectivity index (χ1) is 31.8. The predicted molar refractivity (Wildman–Crippen MR) is 266 cm³/mol. The van der Waals surface area contributed by atoms with Crippen LogP contribution in [0, 0.1) is 0 Å². The average Bonchev–Trinajstić information content (AvgIpc) is 4.01. The summed E-state index contributed by atoms with van der Waals surface area (Å²) in [6.45, 7) is 0. The molecule has 302 valence electrons. The smallest absolute Gasteiger partial charge is 0.135 e. The number of hydrogen-bond donors (Lipinski definition) is 0. The van der Waals surface area contributed by atoms with E-state index in [1.807, 2.05) is 6.07 Å². The van der Waals surface area contributed by atoms with Gasteiger partial charge in [0.25, 0.3) is 0 Å². The molecule has 0 saturated carbocycles. The molecule has 0 aliphatic carbocycles. The zero-order chi connectivity index (χ0) is 42.2. The maximum Gasteiger partial charge on any atom is 0.135 e. The Labute approximate surface area is 373 Å². The SMILES string of the molecule is c1ccc(-c2cccc([C@H](c3ccc4oc5ccccc5c4c3)c3cccc4c3c3ccccc3n4-c3ccc4c(c3)-c3ccccc3S4(c3ccccc3)c3ccccc3)c2)cc1. The molecule has 1 aliphatic rings. The van der Waals surface area contributed by atoms with Gasteiger partial charge in [-0.1, -0.05) is 164 Å². The van der Waals surface area contributed by atoms with Crippen LogP contribution >= 0.6 is 10.0 Å². The number of hydrogen-bond acceptors (Lipinski definition) is 1. The van der Waals surface area contributed by atoms with Crippen LogP contribution < -0.4 is 0 Å². The third-order valence-corrected chi connectivity index (χ3v) is 17.3. The Morgan fingerprint density at radius 1 is 0.375 bits per heavy atom. The van der Waals surface area contributed by atoms with Crippen LogP contribution in [0.5, 0.6) is 0 Å². The van der Waals surface area contributed by atoms with Gasteiger partial charge < -0.3 is 8.98 Å². The fraction of sp³-hybridized carbons (Fsp3) is 0.0164. The van der Waals surface area contributed by atoms with Gasteiger partial charge in [-0.25, -0.2) is 0 Å². The molecule has 0 fully saturated rings. The Morgan fingerprint density at radius 2 is 0.984 bits per heavy atom. The Balaban J connectivity index is 1.06. The summed E-state index contributed by atoms with van der Waals surface area (Å²) in [4.78, 5) is 5.49. The molecule has 2 nitrogen and oxygen atoms in total. The van der Waals surface area contributed by atoms with Crippen molar-refractivity contribution < 1.29 is 4.42 Å².